The highest BCUT2D eigenvalue weighted by molar-refractivity contribution is 5.68. The molecule has 0 amide bonds. The summed E-state index contributed by atoms with van der Waals surface area (Å²) in [6.07, 6.45) is -4.25. The van der Waals surface area contributed by atoms with E-state index in [1.54, 1.807) is 18.2 Å². The molecule has 0 bridgehead atoms. The zero-order chi connectivity index (χ0) is 16.3. The van der Waals surface area contributed by atoms with E-state index in [-0.39, 0.29) is 13.1 Å². The predicted molar refractivity (Wildman–Crippen MR) is 75.2 cm³/mol. The van der Waals surface area contributed by atoms with Gasteiger partial charge in [0.05, 0.1) is 16.8 Å². The van der Waals surface area contributed by atoms with Gasteiger partial charge >= 0.3 is 6.18 Å². The molecule has 22 heavy (non-hydrogen) atoms. The van der Waals surface area contributed by atoms with Crippen molar-refractivity contribution < 1.29 is 13.2 Å². The lowest BCUT2D eigenvalue weighted by molar-refractivity contribution is -0.179. The van der Waals surface area contributed by atoms with Gasteiger partial charge in [-0.2, -0.15) is 23.7 Å². The summed E-state index contributed by atoms with van der Waals surface area (Å²) in [4.78, 5) is 3.19. The molecule has 1 heterocycles. The summed E-state index contributed by atoms with van der Waals surface area (Å²) in [5.74, 6) is 0. The van der Waals surface area contributed by atoms with Crippen molar-refractivity contribution in [2.24, 2.45) is 0 Å². The Kier molecular flexibility index (Phi) is 4.58. The lowest BCUT2D eigenvalue weighted by atomic mass is 10.1. The van der Waals surface area contributed by atoms with E-state index in [9.17, 15) is 23.7 Å². The summed E-state index contributed by atoms with van der Waals surface area (Å²) in [6, 6.07) is 7.44. The fourth-order valence-electron chi connectivity index (χ4n) is 2.60. The van der Waals surface area contributed by atoms with Crippen molar-refractivity contribution in [1.82, 2.24) is 4.90 Å². The van der Waals surface area contributed by atoms with Crippen LogP contribution in [0.4, 0.5) is 18.9 Å². The van der Waals surface area contributed by atoms with E-state index in [2.05, 4.69) is 0 Å². The summed E-state index contributed by atoms with van der Waals surface area (Å²) >= 11 is 0. The molecule has 0 spiro atoms. The molecule has 0 radical (unpaired) electrons. The van der Waals surface area contributed by atoms with E-state index >= 15 is 0 Å². The molecule has 1 aromatic rings. The van der Waals surface area contributed by atoms with Crippen molar-refractivity contribution in [3.05, 3.63) is 29.3 Å². The Morgan fingerprint density at radius 2 is 1.55 bits per heavy atom. The number of hydrogen-bond acceptors (Lipinski definition) is 4. The molecule has 1 unspecified atom stereocenters. The van der Waals surface area contributed by atoms with Crippen LogP contribution in [0.3, 0.4) is 0 Å². The monoisotopic (exact) mass is 308 g/mol. The summed E-state index contributed by atoms with van der Waals surface area (Å²) in [6.45, 7) is 2.35. The van der Waals surface area contributed by atoms with Gasteiger partial charge in [-0.15, -0.1) is 0 Å². The Hall–Kier alpha value is -2.25. The minimum Gasteiger partial charge on any atom is -0.367 e. The molecule has 1 fully saturated rings. The zero-order valence-corrected chi connectivity index (χ0v) is 12.1. The molecular formula is C15H15F3N4. The zero-order valence-electron chi connectivity index (χ0n) is 12.1. The number of rotatable bonds is 2. The summed E-state index contributed by atoms with van der Waals surface area (Å²) in [5.41, 5.74) is 1.26. The molecule has 7 heteroatoms. The van der Waals surface area contributed by atoms with Crippen molar-refractivity contribution in [2.45, 2.75) is 19.1 Å². The third-order valence-electron chi connectivity index (χ3n) is 3.93. The molecule has 1 atom stereocenters. The quantitative estimate of drug-likeness (QED) is 0.842. The van der Waals surface area contributed by atoms with Crippen molar-refractivity contribution in [3.8, 4) is 12.1 Å². The Bertz CT molecular complexity index is 587. The largest absolute Gasteiger partial charge is 0.403 e. The fraction of sp³-hybridized carbons (Fsp3) is 0.467. The number of piperazine rings is 1. The molecule has 0 saturated carbocycles. The average Bonchev–Trinajstić information content (AvgIpc) is 2.52. The lowest BCUT2D eigenvalue weighted by Gasteiger charge is -2.40. The van der Waals surface area contributed by atoms with Crippen LogP contribution < -0.4 is 4.90 Å². The lowest BCUT2D eigenvalue weighted by Crippen LogP contribution is -2.54. The number of halogens is 3. The molecule has 1 saturated heterocycles. The van der Waals surface area contributed by atoms with Crippen LogP contribution >= 0.6 is 0 Å². The van der Waals surface area contributed by atoms with Gasteiger partial charge in [-0.25, -0.2) is 0 Å². The molecule has 0 aliphatic carbocycles. The molecule has 1 aliphatic rings. The van der Waals surface area contributed by atoms with E-state index in [0.717, 1.165) is 6.92 Å². The first-order valence-corrected chi connectivity index (χ1v) is 6.87. The average molecular weight is 308 g/mol. The molecule has 2 rings (SSSR count). The Morgan fingerprint density at radius 1 is 1.05 bits per heavy atom. The normalized spacial score (nSPS) is 17.6. The second-order valence-electron chi connectivity index (χ2n) is 5.17. The van der Waals surface area contributed by atoms with Crippen LogP contribution in [0, 0.1) is 22.7 Å². The molecule has 4 nitrogen and oxygen atoms in total. The summed E-state index contributed by atoms with van der Waals surface area (Å²) in [7, 11) is 0. The van der Waals surface area contributed by atoms with Gasteiger partial charge in [0.2, 0.25) is 0 Å². The van der Waals surface area contributed by atoms with Gasteiger partial charge in [0.1, 0.15) is 18.2 Å². The van der Waals surface area contributed by atoms with E-state index in [0.29, 0.717) is 29.9 Å². The Labute approximate surface area is 127 Å². The third-order valence-corrected chi connectivity index (χ3v) is 3.93. The molecule has 1 aliphatic heterocycles. The smallest absolute Gasteiger partial charge is 0.367 e. The standard InChI is InChI=1S/C15H15F3N4/c1-11(15(16,17)18)21-5-7-22(8-6-21)14-12(9-19)3-2-4-13(14)10-20/h2-4,11H,5-8H2,1H3. The minimum absolute atomic E-state index is 0.241. The van der Waals surface area contributed by atoms with E-state index in [1.807, 2.05) is 17.0 Å². The molecule has 116 valence electrons. The van der Waals surface area contributed by atoms with Gasteiger partial charge in [-0.05, 0) is 19.1 Å². The van der Waals surface area contributed by atoms with E-state index in [1.165, 1.54) is 4.90 Å². The Morgan fingerprint density at radius 3 is 1.95 bits per heavy atom. The van der Waals surface area contributed by atoms with Crippen LogP contribution in [-0.4, -0.2) is 43.3 Å². The van der Waals surface area contributed by atoms with Crippen molar-refractivity contribution >= 4 is 5.69 Å². The predicted octanol–water partition coefficient (Wildman–Crippen LogP) is 2.50. The van der Waals surface area contributed by atoms with Crippen molar-refractivity contribution in [1.29, 1.82) is 10.5 Å². The highest BCUT2D eigenvalue weighted by Crippen LogP contribution is 2.29. The first-order valence-electron chi connectivity index (χ1n) is 6.87. The maximum absolute atomic E-state index is 12.7. The molecule has 0 N–H and O–H groups in total. The van der Waals surface area contributed by atoms with E-state index < -0.39 is 12.2 Å². The number of anilines is 1. The minimum atomic E-state index is -4.25. The second-order valence-corrected chi connectivity index (χ2v) is 5.17. The number of alkyl halides is 3. The number of hydrogen-bond donors (Lipinski definition) is 0. The van der Waals surface area contributed by atoms with Gasteiger partial charge < -0.3 is 4.90 Å². The van der Waals surface area contributed by atoms with Gasteiger partial charge in [0, 0.05) is 26.2 Å². The first-order chi connectivity index (χ1) is 10.4. The summed E-state index contributed by atoms with van der Waals surface area (Å²) in [5, 5.41) is 18.3. The van der Waals surface area contributed by atoms with Crippen molar-refractivity contribution in [2.75, 3.05) is 31.1 Å². The second kappa shape index (κ2) is 6.25. The van der Waals surface area contributed by atoms with Crippen LogP contribution in [-0.2, 0) is 0 Å². The first kappa shape index (κ1) is 16.1. The number of para-hydroxylation sites is 1. The van der Waals surface area contributed by atoms with Gasteiger partial charge in [0.15, 0.2) is 0 Å². The van der Waals surface area contributed by atoms with E-state index in [4.69, 9.17) is 0 Å². The highest BCUT2D eigenvalue weighted by atomic mass is 19.4. The van der Waals surface area contributed by atoms with Gasteiger partial charge in [-0.1, -0.05) is 6.07 Å². The third kappa shape index (κ3) is 3.15. The van der Waals surface area contributed by atoms with Crippen LogP contribution in [0.2, 0.25) is 0 Å². The molecule has 0 aromatic heterocycles. The number of nitrogens with zero attached hydrogens (tertiary/aromatic N) is 4. The topological polar surface area (TPSA) is 54.1 Å². The van der Waals surface area contributed by atoms with Crippen molar-refractivity contribution in [3.63, 3.8) is 0 Å². The molecular weight excluding hydrogens is 293 g/mol. The fourth-order valence-corrected chi connectivity index (χ4v) is 2.60. The van der Waals surface area contributed by atoms with Crippen LogP contribution in [0.1, 0.15) is 18.1 Å². The van der Waals surface area contributed by atoms with Crippen LogP contribution in [0.5, 0.6) is 0 Å². The maximum Gasteiger partial charge on any atom is 0.403 e. The van der Waals surface area contributed by atoms with Crippen LogP contribution in [0.15, 0.2) is 18.2 Å². The highest BCUT2D eigenvalue weighted by Gasteiger charge is 2.41. The van der Waals surface area contributed by atoms with Crippen LogP contribution in [0.25, 0.3) is 0 Å². The molecule has 1 aromatic carbocycles. The summed E-state index contributed by atoms with van der Waals surface area (Å²) < 4.78 is 38.2. The SMILES string of the molecule is CC(N1CCN(c2c(C#N)cccc2C#N)CC1)C(F)(F)F. The van der Waals surface area contributed by atoms with Gasteiger partial charge in [-0.3, -0.25) is 4.90 Å². The maximum atomic E-state index is 12.7. The van der Waals surface area contributed by atoms with Gasteiger partial charge in [0.25, 0.3) is 0 Å². The number of nitriles is 2. The Balaban J connectivity index is 2.17. The number of benzene rings is 1.